The molecule has 0 heterocycles. The first-order valence-corrected chi connectivity index (χ1v) is 5.68. The van der Waals surface area contributed by atoms with Crippen molar-refractivity contribution in [3.63, 3.8) is 0 Å². The molecule has 0 spiro atoms. The van der Waals surface area contributed by atoms with E-state index in [2.05, 4.69) is 5.32 Å². The SMILES string of the molecule is O=C(O)CCCC(=O)NCc1ccc(Cl)cc1. The molecule has 0 radical (unpaired) electrons. The van der Waals surface area contributed by atoms with Crippen LogP contribution in [0.4, 0.5) is 0 Å². The number of hydrogen-bond donors (Lipinski definition) is 2. The molecule has 0 fully saturated rings. The van der Waals surface area contributed by atoms with Crippen molar-refractivity contribution in [1.29, 1.82) is 0 Å². The van der Waals surface area contributed by atoms with Crippen molar-refractivity contribution >= 4 is 23.5 Å². The lowest BCUT2D eigenvalue weighted by molar-refractivity contribution is -0.137. The lowest BCUT2D eigenvalue weighted by atomic mass is 10.2. The summed E-state index contributed by atoms with van der Waals surface area (Å²) in [4.78, 5) is 21.6. The average Bonchev–Trinajstić information content (AvgIpc) is 2.28. The third-order valence-corrected chi connectivity index (χ3v) is 2.45. The van der Waals surface area contributed by atoms with Crippen LogP contribution in [0.1, 0.15) is 24.8 Å². The Bertz CT molecular complexity index is 389. The van der Waals surface area contributed by atoms with Gasteiger partial charge in [0.05, 0.1) is 0 Å². The number of aliphatic carboxylic acids is 1. The fourth-order valence-corrected chi connectivity index (χ4v) is 1.42. The van der Waals surface area contributed by atoms with Gasteiger partial charge in [0, 0.05) is 24.4 Å². The first-order chi connectivity index (χ1) is 8.08. The molecular weight excluding hydrogens is 242 g/mol. The highest BCUT2D eigenvalue weighted by Gasteiger charge is 2.03. The molecule has 0 atom stereocenters. The summed E-state index contributed by atoms with van der Waals surface area (Å²) >= 11 is 5.73. The summed E-state index contributed by atoms with van der Waals surface area (Å²) in [6.07, 6.45) is 0.621. The maximum Gasteiger partial charge on any atom is 0.303 e. The van der Waals surface area contributed by atoms with Crippen LogP contribution in [0.15, 0.2) is 24.3 Å². The highest BCUT2D eigenvalue weighted by Crippen LogP contribution is 2.09. The van der Waals surface area contributed by atoms with E-state index >= 15 is 0 Å². The summed E-state index contributed by atoms with van der Waals surface area (Å²) in [5.74, 6) is -1.02. The Kier molecular flexibility index (Phi) is 5.49. The molecule has 0 aliphatic carbocycles. The van der Waals surface area contributed by atoms with Crippen LogP contribution in [-0.2, 0) is 16.1 Å². The van der Waals surface area contributed by atoms with Crippen LogP contribution < -0.4 is 5.32 Å². The van der Waals surface area contributed by atoms with Crippen molar-refractivity contribution in [1.82, 2.24) is 5.32 Å². The van der Waals surface area contributed by atoms with Gasteiger partial charge in [-0.1, -0.05) is 23.7 Å². The summed E-state index contributed by atoms with van der Waals surface area (Å²) in [6, 6.07) is 7.18. The molecule has 1 aromatic carbocycles. The zero-order valence-corrected chi connectivity index (χ0v) is 10.0. The third-order valence-electron chi connectivity index (χ3n) is 2.20. The second-order valence-corrected chi connectivity index (χ2v) is 4.09. The fraction of sp³-hybridized carbons (Fsp3) is 0.333. The number of nitrogens with one attached hydrogen (secondary N) is 1. The van der Waals surface area contributed by atoms with Gasteiger partial charge >= 0.3 is 5.97 Å². The van der Waals surface area contributed by atoms with Gasteiger partial charge in [-0.15, -0.1) is 0 Å². The topological polar surface area (TPSA) is 66.4 Å². The van der Waals surface area contributed by atoms with Crippen molar-refractivity contribution in [2.24, 2.45) is 0 Å². The van der Waals surface area contributed by atoms with Crippen LogP contribution >= 0.6 is 11.6 Å². The first kappa shape index (κ1) is 13.5. The molecule has 2 N–H and O–H groups in total. The van der Waals surface area contributed by atoms with Gasteiger partial charge in [0.25, 0.3) is 0 Å². The Hall–Kier alpha value is -1.55. The first-order valence-electron chi connectivity index (χ1n) is 5.31. The molecule has 1 aromatic rings. The zero-order chi connectivity index (χ0) is 12.7. The molecule has 92 valence electrons. The quantitative estimate of drug-likeness (QED) is 0.819. The van der Waals surface area contributed by atoms with Crippen LogP contribution in [0.3, 0.4) is 0 Å². The number of carboxylic acids is 1. The highest BCUT2D eigenvalue weighted by atomic mass is 35.5. The van der Waals surface area contributed by atoms with E-state index in [1.54, 1.807) is 12.1 Å². The second kappa shape index (κ2) is 6.91. The molecule has 0 aliphatic rings. The Morgan fingerprint density at radius 2 is 1.82 bits per heavy atom. The second-order valence-electron chi connectivity index (χ2n) is 3.65. The Balaban J connectivity index is 2.23. The summed E-state index contributed by atoms with van der Waals surface area (Å²) in [7, 11) is 0. The standard InChI is InChI=1S/C12H14ClNO3/c13-10-6-4-9(5-7-10)8-14-11(15)2-1-3-12(16)17/h4-7H,1-3,8H2,(H,14,15)(H,16,17). The van der Waals surface area contributed by atoms with Crippen LogP contribution in [0, 0.1) is 0 Å². The van der Waals surface area contributed by atoms with Crippen molar-refractivity contribution < 1.29 is 14.7 Å². The number of amides is 1. The summed E-state index contributed by atoms with van der Waals surface area (Å²) in [6.45, 7) is 0.434. The predicted octanol–water partition coefficient (Wildman–Crippen LogP) is 2.21. The van der Waals surface area contributed by atoms with E-state index < -0.39 is 5.97 Å². The van der Waals surface area contributed by atoms with Gasteiger partial charge in [0.15, 0.2) is 0 Å². The molecule has 0 bridgehead atoms. The van der Waals surface area contributed by atoms with Gasteiger partial charge in [-0.3, -0.25) is 9.59 Å². The van der Waals surface area contributed by atoms with Gasteiger partial charge in [0.1, 0.15) is 0 Å². The van der Waals surface area contributed by atoms with Gasteiger partial charge in [-0.05, 0) is 24.1 Å². The summed E-state index contributed by atoms with van der Waals surface area (Å²) in [5, 5.41) is 11.8. The third kappa shape index (κ3) is 5.92. The summed E-state index contributed by atoms with van der Waals surface area (Å²) < 4.78 is 0. The van der Waals surface area contributed by atoms with E-state index in [9.17, 15) is 9.59 Å². The van der Waals surface area contributed by atoms with Crippen LogP contribution in [-0.4, -0.2) is 17.0 Å². The van der Waals surface area contributed by atoms with Crippen LogP contribution in [0.5, 0.6) is 0 Å². The number of carbonyl (C=O) groups excluding carboxylic acids is 1. The zero-order valence-electron chi connectivity index (χ0n) is 9.28. The van der Waals surface area contributed by atoms with Gasteiger partial charge in [-0.25, -0.2) is 0 Å². The predicted molar refractivity (Wildman–Crippen MR) is 64.8 cm³/mol. The highest BCUT2D eigenvalue weighted by molar-refractivity contribution is 6.30. The molecule has 5 heteroatoms. The molecule has 17 heavy (non-hydrogen) atoms. The molecule has 4 nitrogen and oxygen atoms in total. The monoisotopic (exact) mass is 255 g/mol. The van der Waals surface area contributed by atoms with E-state index in [1.807, 2.05) is 12.1 Å². The fourth-order valence-electron chi connectivity index (χ4n) is 1.29. The maximum absolute atomic E-state index is 11.3. The molecule has 1 amide bonds. The van der Waals surface area contributed by atoms with Crippen molar-refractivity contribution in [3.8, 4) is 0 Å². The van der Waals surface area contributed by atoms with E-state index in [-0.39, 0.29) is 18.7 Å². The smallest absolute Gasteiger partial charge is 0.303 e. The van der Waals surface area contributed by atoms with Gasteiger partial charge < -0.3 is 10.4 Å². The van der Waals surface area contributed by atoms with Gasteiger partial charge in [0.2, 0.25) is 5.91 Å². The molecule has 1 rings (SSSR count). The molecule has 0 unspecified atom stereocenters. The Labute approximate surface area is 105 Å². The van der Waals surface area contributed by atoms with E-state index in [0.717, 1.165) is 5.56 Å². The number of carboxylic acid groups (broad SMARTS) is 1. The number of carbonyl (C=O) groups is 2. The number of hydrogen-bond acceptors (Lipinski definition) is 2. The van der Waals surface area contributed by atoms with E-state index in [0.29, 0.717) is 18.0 Å². The molecule has 0 aromatic heterocycles. The Morgan fingerprint density at radius 3 is 2.41 bits per heavy atom. The largest absolute Gasteiger partial charge is 0.481 e. The molecule has 0 saturated carbocycles. The number of benzene rings is 1. The van der Waals surface area contributed by atoms with Crippen LogP contribution in [0.2, 0.25) is 5.02 Å². The summed E-state index contributed by atoms with van der Waals surface area (Å²) in [5.41, 5.74) is 0.959. The lowest BCUT2D eigenvalue weighted by Crippen LogP contribution is -2.22. The Morgan fingerprint density at radius 1 is 1.18 bits per heavy atom. The minimum atomic E-state index is -0.879. The van der Waals surface area contributed by atoms with E-state index in [1.165, 1.54) is 0 Å². The molecular formula is C12H14ClNO3. The lowest BCUT2D eigenvalue weighted by Gasteiger charge is -2.04. The van der Waals surface area contributed by atoms with E-state index in [4.69, 9.17) is 16.7 Å². The van der Waals surface area contributed by atoms with Gasteiger partial charge in [-0.2, -0.15) is 0 Å². The normalized spacial score (nSPS) is 9.94. The minimum Gasteiger partial charge on any atom is -0.481 e. The molecule has 0 aliphatic heterocycles. The maximum atomic E-state index is 11.3. The molecule has 0 saturated heterocycles. The van der Waals surface area contributed by atoms with Crippen LogP contribution in [0.25, 0.3) is 0 Å². The van der Waals surface area contributed by atoms with Crippen molar-refractivity contribution in [2.45, 2.75) is 25.8 Å². The van der Waals surface area contributed by atoms with Crippen molar-refractivity contribution in [2.75, 3.05) is 0 Å². The number of halogens is 1. The average molecular weight is 256 g/mol. The minimum absolute atomic E-state index is 0.0222. The number of rotatable bonds is 6. The van der Waals surface area contributed by atoms with Crippen molar-refractivity contribution in [3.05, 3.63) is 34.9 Å².